The standard InChI is InChI=1S/C18H19Cl2N5O/c1-13-4-5-14(10-15(13)19)25-18(26)17(20)16(11-22-25)23(2)7-3-8-24-9-6-21-12-24/h4-6,9-12H,3,7-8H2,1-2H3. The first-order valence-corrected chi connectivity index (χ1v) is 8.94. The van der Waals surface area contributed by atoms with Crippen molar-refractivity contribution < 1.29 is 0 Å². The number of hydrogen-bond acceptors (Lipinski definition) is 4. The maximum atomic E-state index is 12.6. The van der Waals surface area contributed by atoms with Gasteiger partial charge in [0.1, 0.15) is 5.02 Å². The molecule has 0 N–H and O–H groups in total. The Hall–Kier alpha value is -2.31. The number of anilines is 1. The molecule has 0 aliphatic carbocycles. The van der Waals surface area contributed by atoms with Crippen molar-refractivity contribution in [2.75, 3.05) is 18.5 Å². The molecule has 26 heavy (non-hydrogen) atoms. The maximum Gasteiger partial charge on any atom is 0.292 e. The van der Waals surface area contributed by atoms with Gasteiger partial charge in [-0.15, -0.1) is 0 Å². The van der Waals surface area contributed by atoms with Crippen molar-refractivity contribution in [3.8, 4) is 5.69 Å². The van der Waals surface area contributed by atoms with Crippen LogP contribution in [0.1, 0.15) is 12.0 Å². The van der Waals surface area contributed by atoms with Gasteiger partial charge in [-0.2, -0.15) is 9.78 Å². The van der Waals surface area contributed by atoms with E-state index >= 15 is 0 Å². The van der Waals surface area contributed by atoms with E-state index in [1.807, 2.05) is 35.7 Å². The van der Waals surface area contributed by atoms with Crippen LogP contribution in [0, 0.1) is 6.92 Å². The number of benzene rings is 1. The molecular formula is C18H19Cl2N5O. The fourth-order valence-corrected chi connectivity index (χ4v) is 3.07. The second kappa shape index (κ2) is 7.93. The number of imidazole rings is 1. The highest BCUT2D eigenvalue weighted by Gasteiger charge is 2.14. The Morgan fingerprint density at radius 1 is 1.27 bits per heavy atom. The van der Waals surface area contributed by atoms with Crippen LogP contribution in [0.3, 0.4) is 0 Å². The summed E-state index contributed by atoms with van der Waals surface area (Å²) in [4.78, 5) is 18.6. The molecule has 0 aliphatic rings. The highest BCUT2D eigenvalue weighted by atomic mass is 35.5. The number of hydrogen-bond donors (Lipinski definition) is 0. The van der Waals surface area contributed by atoms with E-state index in [1.54, 1.807) is 30.9 Å². The second-order valence-corrected chi connectivity index (χ2v) is 6.86. The molecule has 0 unspecified atom stereocenters. The zero-order chi connectivity index (χ0) is 18.7. The molecule has 8 heteroatoms. The maximum absolute atomic E-state index is 12.6. The van der Waals surface area contributed by atoms with Crippen LogP contribution in [0.15, 0.2) is 47.9 Å². The topological polar surface area (TPSA) is 56.0 Å². The number of rotatable bonds is 6. The number of nitrogens with zero attached hydrogens (tertiary/aromatic N) is 5. The summed E-state index contributed by atoms with van der Waals surface area (Å²) in [5.74, 6) is 0. The normalized spacial score (nSPS) is 10.9. The van der Waals surface area contributed by atoms with Gasteiger partial charge >= 0.3 is 0 Å². The van der Waals surface area contributed by atoms with Crippen molar-refractivity contribution in [2.45, 2.75) is 19.9 Å². The van der Waals surface area contributed by atoms with Gasteiger partial charge in [0.25, 0.3) is 5.56 Å². The largest absolute Gasteiger partial charge is 0.372 e. The summed E-state index contributed by atoms with van der Waals surface area (Å²) in [6.07, 6.45) is 7.95. The minimum Gasteiger partial charge on any atom is -0.372 e. The van der Waals surface area contributed by atoms with Gasteiger partial charge < -0.3 is 9.47 Å². The second-order valence-electron chi connectivity index (χ2n) is 6.07. The van der Waals surface area contributed by atoms with E-state index in [4.69, 9.17) is 23.2 Å². The first-order chi connectivity index (χ1) is 12.5. The summed E-state index contributed by atoms with van der Waals surface area (Å²) in [6, 6.07) is 5.34. The van der Waals surface area contributed by atoms with E-state index in [-0.39, 0.29) is 10.6 Å². The molecule has 1 aromatic carbocycles. The monoisotopic (exact) mass is 391 g/mol. The number of halogens is 2. The van der Waals surface area contributed by atoms with Crippen molar-refractivity contribution in [3.63, 3.8) is 0 Å². The van der Waals surface area contributed by atoms with Crippen molar-refractivity contribution in [1.29, 1.82) is 0 Å². The van der Waals surface area contributed by atoms with Gasteiger partial charge in [-0.25, -0.2) is 4.98 Å². The molecule has 2 aromatic heterocycles. The predicted octanol–water partition coefficient (Wildman–Crippen LogP) is 3.57. The van der Waals surface area contributed by atoms with E-state index in [2.05, 4.69) is 10.1 Å². The quantitative estimate of drug-likeness (QED) is 0.644. The van der Waals surface area contributed by atoms with Gasteiger partial charge in [0, 0.05) is 37.6 Å². The fourth-order valence-electron chi connectivity index (χ4n) is 2.62. The Kier molecular flexibility index (Phi) is 5.64. The van der Waals surface area contributed by atoms with Crippen LogP contribution in [-0.4, -0.2) is 32.9 Å². The molecule has 0 bridgehead atoms. The van der Waals surface area contributed by atoms with Gasteiger partial charge in [-0.3, -0.25) is 4.79 Å². The molecule has 0 spiro atoms. The predicted molar refractivity (Wildman–Crippen MR) is 105 cm³/mol. The summed E-state index contributed by atoms with van der Waals surface area (Å²) in [5, 5.41) is 4.98. The Balaban J connectivity index is 1.78. The third kappa shape index (κ3) is 3.92. The lowest BCUT2D eigenvalue weighted by atomic mass is 10.2. The molecule has 0 amide bonds. The third-order valence-corrected chi connectivity index (χ3v) is 4.94. The molecule has 136 valence electrons. The Bertz CT molecular complexity index is 953. The minimum atomic E-state index is -0.370. The molecule has 6 nitrogen and oxygen atoms in total. The molecule has 0 atom stereocenters. The van der Waals surface area contributed by atoms with E-state index in [0.717, 1.165) is 25.1 Å². The van der Waals surface area contributed by atoms with Crippen molar-refractivity contribution >= 4 is 28.9 Å². The zero-order valence-corrected chi connectivity index (χ0v) is 16.1. The lowest BCUT2D eigenvalue weighted by Crippen LogP contribution is -2.27. The van der Waals surface area contributed by atoms with Gasteiger partial charge in [0.2, 0.25) is 0 Å². The van der Waals surface area contributed by atoms with E-state index in [0.29, 0.717) is 16.4 Å². The van der Waals surface area contributed by atoms with Crippen LogP contribution in [0.5, 0.6) is 0 Å². The van der Waals surface area contributed by atoms with Crippen LogP contribution < -0.4 is 10.5 Å². The summed E-state index contributed by atoms with van der Waals surface area (Å²) >= 11 is 12.5. The zero-order valence-electron chi connectivity index (χ0n) is 14.6. The summed E-state index contributed by atoms with van der Waals surface area (Å²) < 4.78 is 3.27. The van der Waals surface area contributed by atoms with E-state index in [1.165, 1.54) is 4.68 Å². The molecule has 2 heterocycles. The summed E-state index contributed by atoms with van der Waals surface area (Å²) in [7, 11) is 1.89. The van der Waals surface area contributed by atoms with Gasteiger partial charge in [-0.05, 0) is 31.0 Å². The first kappa shape index (κ1) is 18.5. The van der Waals surface area contributed by atoms with Crippen molar-refractivity contribution in [2.24, 2.45) is 0 Å². The smallest absolute Gasteiger partial charge is 0.292 e. The van der Waals surface area contributed by atoms with Crippen LogP contribution >= 0.6 is 23.2 Å². The highest BCUT2D eigenvalue weighted by molar-refractivity contribution is 6.33. The third-order valence-electron chi connectivity index (χ3n) is 4.18. The van der Waals surface area contributed by atoms with Gasteiger partial charge in [0.15, 0.2) is 0 Å². The average Bonchev–Trinajstić information content (AvgIpc) is 3.13. The molecule has 3 aromatic rings. The lowest BCUT2D eigenvalue weighted by molar-refractivity contribution is 0.636. The molecule has 0 saturated carbocycles. The van der Waals surface area contributed by atoms with E-state index < -0.39 is 0 Å². The Labute approximate surface area is 161 Å². The number of aromatic nitrogens is 4. The van der Waals surface area contributed by atoms with Crippen molar-refractivity contribution in [3.05, 3.63) is 69.1 Å². The van der Waals surface area contributed by atoms with Crippen molar-refractivity contribution in [1.82, 2.24) is 19.3 Å². The van der Waals surface area contributed by atoms with Gasteiger partial charge in [0.05, 0.1) is 23.9 Å². The van der Waals surface area contributed by atoms with Crippen LogP contribution in [0.4, 0.5) is 5.69 Å². The molecule has 0 aliphatic heterocycles. The van der Waals surface area contributed by atoms with Crippen LogP contribution in [0.2, 0.25) is 10.0 Å². The molecule has 0 fully saturated rings. The van der Waals surface area contributed by atoms with Crippen LogP contribution in [-0.2, 0) is 6.54 Å². The lowest BCUT2D eigenvalue weighted by Gasteiger charge is -2.20. The highest BCUT2D eigenvalue weighted by Crippen LogP contribution is 2.22. The first-order valence-electron chi connectivity index (χ1n) is 8.18. The SMILES string of the molecule is Cc1ccc(-n2ncc(N(C)CCCn3ccnc3)c(Cl)c2=O)cc1Cl. The Morgan fingerprint density at radius 2 is 2.08 bits per heavy atom. The number of aryl methyl sites for hydroxylation is 2. The summed E-state index contributed by atoms with van der Waals surface area (Å²) in [5.41, 5.74) is 1.76. The van der Waals surface area contributed by atoms with Gasteiger partial charge in [-0.1, -0.05) is 29.3 Å². The Morgan fingerprint density at radius 3 is 2.77 bits per heavy atom. The molecule has 0 saturated heterocycles. The minimum absolute atomic E-state index is 0.141. The average molecular weight is 392 g/mol. The van der Waals surface area contributed by atoms with E-state index in [9.17, 15) is 4.79 Å². The fraction of sp³-hybridized carbons (Fsp3) is 0.278. The molecular weight excluding hydrogens is 373 g/mol. The summed E-state index contributed by atoms with van der Waals surface area (Å²) in [6.45, 7) is 3.48. The van der Waals surface area contributed by atoms with Crippen LogP contribution in [0.25, 0.3) is 5.69 Å². The molecule has 0 radical (unpaired) electrons. The molecule has 3 rings (SSSR count).